The van der Waals surface area contributed by atoms with Gasteiger partial charge in [0.2, 0.25) is 35.4 Å². The summed E-state index contributed by atoms with van der Waals surface area (Å²) in [7, 11) is 0. The van der Waals surface area contributed by atoms with Crippen LogP contribution >= 0.6 is 0 Å². The van der Waals surface area contributed by atoms with Gasteiger partial charge in [0.15, 0.2) is 6.10 Å². The molecule has 3 atom stereocenters. The molecule has 0 heterocycles. The van der Waals surface area contributed by atoms with Gasteiger partial charge in [0.1, 0.15) is 6.04 Å². The van der Waals surface area contributed by atoms with Crippen LogP contribution in [0.25, 0.3) is 0 Å². The van der Waals surface area contributed by atoms with Crippen molar-refractivity contribution < 1.29 is 47.0 Å². The van der Waals surface area contributed by atoms with Crippen molar-refractivity contribution in [3.63, 3.8) is 0 Å². The smallest absolute Gasteiger partial charge is 0.382 e. The molecule has 6 amide bonds. The number of hydrogen-bond donors (Lipinski definition) is 7. The third-order valence-electron chi connectivity index (χ3n) is 6.92. The quantitative estimate of drug-likeness (QED) is 0.0882. The van der Waals surface area contributed by atoms with Crippen molar-refractivity contribution in [2.24, 2.45) is 11.5 Å². The highest BCUT2D eigenvalue weighted by Crippen LogP contribution is 2.24. The monoisotopic (exact) mass is 732 g/mol. The van der Waals surface area contributed by atoms with Gasteiger partial charge >= 0.3 is 6.18 Å². The molecule has 51 heavy (non-hydrogen) atoms. The highest BCUT2D eigenvalue weighted by atomic mass is 19.4. The number of benzene rings is 1. The maximum atomic E-state index is 13.0. The number of hydrogen-bond acceptors (Lipinski definition) is 7. The van der Waals surface area contributed by atoms with Gasteiger partial charge in [0.25, 0.3) is 0 Å². The van der Waals surface area contributed by atoms with E-state index in [-0.39, 0.29) is 31.2 Å². The molecule has 2 unspecified atom stereocenters. The van der Waals surface area contributed by atoms with Gasteiger partial charge in [-0.05, 0) is 18.4 Å². The molecule has 16 heteroatoms. The van der Waals surface area contributed by atoms with E-state index in [0.29, 0.717) is 18.4 Å². The van der Waals surface area contributed by atoms with Gasteiger partial charge in [-0.1, -0.05) is 103 Å². The number of halogens is 3. The van der Waals surface area contributed by atoms with Gasteiger partial charge < -0.3 is 37.8 Å². The lowest BCUT2D eigenvalue weighted by Crippen LogP contribution is -2.54. The van der Waals surface area contributed by atoms with E-state index in [1.807, 2.05) is 5.32 Å². The van der Waals surface area contributed by atoms with Crippen molar-refractivity contribution in [3.8, 4) is 0 Å². The molecule has 0 radical (unpaired) electrons. The summed E-state index contributed by atoms with van der Waals surface area (Å²) in [6, 6.07) is 5.59. The van der Waals surface area contributed by atoms with Gasteiger partial charge in [-0.2, -0.15) is 13.2 Å². The number of alkyl halides is 3. The number of aliphatic hydroxyl groups is 1. The fourth-order valence-electron chi connectivity index (χ4n) is 4.20. The van der Waals surface area contributed by atoms with E-state index in [0.717, 1.165) is 25.7 Å². The molecule has 0 aliphatic rings. The molecule has 1 aromatic carbocycles. The van der Waals surface area contributed by atoms with Crippen molar-refractivity contribution in [3.05, 3.63) is 35.9 Å². The highest BCUT2D eigenvalue weighted by Gasteiger charge is 2.44. The number of rotatable bonds is 22. The fourth-order valence-corrected chi connectivity index (χ4v) is 4.20. The first-order chi connectivity index (χ1) is 24.0. The molecule has 0 aromatic heterocycles. The second-order valence-corrected chi connectivity index (χ2v) is 11.9. The molecule has 0 fully saturated rings. The van der Waals surface area contributed by atoms with Gasteiger partial charge in [-0.15, -0.1) is 0 Å². The minimum absolute atomic E-state index is 0.0278. The number of unbranched alkanes of at least 4 members (excludes halogenated alkanes) is 6. The molecule has 1 aromatic rings. The zero-order valence-corrected chi connectivity index (χ0v) is 30.4. The van der Waals surface area contributed by atoms with Crippen LogP contribution in [0.1, 0.15) is 110 Å². The van der Waals surface area contributed by atoms with Crippen molar-refractivity contribution in [1.82, 2.24) is 21.3 Å². The van der Waals surface area contributed by atoms with E-state index >= 15 is 0 Å². The van der Waals surface area contributed by atoms with Crippen LogP contribution in [-0.4, -0.2) is 78.0 Å². The average molecular weight is 733 g/mol. The molecule has 13 nitrogen and oxygen atoms in total. The van der Waals surface area contributed by atoms with Crippen LogP contribution in [0.2, 0.25) is 0 Å². The topological polar surface area (TPSA) is 223 Å². The van der Waals surface area contributed by atoms with Crippen LogP contribution in [0, 0.1) is 0 Å². The van der Waals surface area contributed by atoms with E-state index in [4.69, 9.17) is 5.73 Å². The molecule has 292 valence electrons. The standard InChI is InChI=1S/C29H44F3N5O6.C3H7NO.C3H8/c1-2-3-4-5-6-7-11-14-24(39)34-18-25(40)37-22(17-20-12-9-8-10-13-20)28(43)35-19-26(41)36-21(15-16-23(33)38)27(42)29(30,31)32;1-2-3(4)5;1-3-2/h8-10,12-13,21-22,27,42H,2-7,11,14-19H2,1H3,(H2,33,38)(H,34,39)(H,35,43)(H,36,41)(H,37,40);2H2,1H3,(H2,4,5);3H2,1-2H3/t21?,22-,27?;;/m0../s1. The average Bonchev–Trinajstić information content (AvgIpc) is 3.07. The lowest BCUT2D eigenvalue weighted by Gasteiger charge is -2.26. The normalized spacial score (nSPS) is 12.3. The first-order valence-electron chi connectivity index (χ1n) is 17.5. The number of aliphatic hydroxyl groups excluding tert-OH is 1. The van der Waals surface area contributed by atoms with Crippen molar-refractivity contribution in [2.75, 3.05) is 13.1 Å². The first-order valence-corrected chi connectivity index (χ1v) is 17.5. The Hall–Kier alpha value is -4.21. The Morgan fingerprint density at radius 1 is 0.725 bits per heavy atom. The maximum absolute atomic E-state index is 13.0. The molecule has 0 bridgehead atoms. The Morgan fingerprint density at radius 3 is 1.75 bits per heavy atom. The highest BCUT2D eigenvalue weighted by molar-refractivity contribution is 5.92. The predicted molar refractivity (Wildman–Crippen MR) is 189 cm³/mol. The Bertz CT molecular complexity index is 1160. The Labute approximate surface area is 299 Å². The molecular weight excluding hydrogens is 673 g/mol. The van der Waals surface area contributed by atoms with Crippen LogP contribution < -0.4 is 32.7 Å². The number of carbonyl (C=O) groups excluding carboxylic acids is 6. The van der Waals surface area contributed by atoms with E-state index in [2.05, 4.69) is 42.5 Å². The fraction of sp³-hybridized carbons (Fsp3) is 0.657. The van der Waals surface area contributed by atoms with E-state index in [9.17, 15) is 47.0 Å². The van der Waals surface area contributed by atoms with E-state index in [1.165, 1.54) is 19.3 Å². The second-order valence-electron chi connectivity index (χ2n) is 11.9. The predicted octanol–water partition coefficient (Wildman–Crippen LogP) is 3.06. The number of primary amides is 2. The summed E-state index contributed by atoms with van der Waals surface area (Å²) in [6.45, 7) is 6.97. The summed E-state index contributed by atoms with van der Waals surface area (Å²) in [5.41, 5.74) is 10.3. The van der Waals surface area contributed by atoms with Crippen LogP contribution in [0.5, 0.6) is 0 Å². The van der Waals surface area contributed by atoms with Gasteiger partial charge in [0.05, 0.1) is 19.1 Å². The molecule has 0 saturated heterocycles. The molecule has 0 aliphatic heterocycles. The van der Waals surface area contributed by atoms with Crippen molar-refractivity contribution in [2.45, 2.75) is 136 Å². The van der Waals surface area contributed by atoms with Crippen LogP contribution in [-0.2, 0) is 35.2 Å². The zero-order valence-electron chi connectivity index (χ0n) is 30.4. The van der Waals surface area contributed by atoms with E-state index < -0.39 is 67.4 Å². The largest absolute Gasteiger partial charge is 0.416 e. The van der Waals surface area contributed by atoms with Crippen molar-refractivity contribution in [1.29, 1.82) is 0 Å². The van der Waals surface area contributed by atoms with Crippen LogP contribution in [0.4, 0.5) is 13.2 Å². The van der Waals surface area contributed by atoms with Gasteiger partial charge in [-0.3, -0.25) is 28.8 Å². The SMILES string of the molecule is CCC.CCC(N)=O.CCCCCCCCCC(=O)NCC(=O)N[C@@H](Cc1ccccc1)C(=O)NCC(=O)NC(CCC(N)=O)C(O)C(F)(F)F. The molecule has 0 spiro atoms. The Morgan fingerprint density at radius 2 is 1.24 bits per heavy atom. The number of carbonyl (C=O) groups is 6. The molecule has 0 saturated carbocycles. The third kappa shape index (κ3) is 28.2. The lowest BCUT2D eigenvalue weighted by atomic mass is 10.0. The third-order valence-corrected chi connectivity index (χ3v) is 6.92. The zero-order chi connectivity index (χ0) is 39.2. The second kappa shape index (κ2) is 29.5. The summed E-state index contributed by atoms with van der Waals surface area (Å²) < 4.78 is 39.0. The Kier molecular flexibility index (Phi) is 28.3. The minimum atomic E-state index is -5.08. The minimum Gasteiger partial charge on any atom is -0.382 e. The lowest BCUT2D eigenvalue weighted by molar-refractivity contribution is -0.212. The molecular formula is C35H59F3N6O7. The Balaban J connectivity index is 0. The number of nitrogens with two attached hydrogens (primary N) is 2. The summed E-state index contributed by atoms with van der Waals surface area (Å²) in [4.78, 5) is 70.5. The number of nitrogens with one attached hydrogen (secondary N) is 4. The number of amides is 6. The van der Waals surface area contributed by atoms with Gasteiger partial charge in [0, 0.05) is 25.7 Å². The molecule has 1 rings (SSSR count). The van der Waals surface area contributed by atoms with Crippen LogP contribution in [0.3, 0.4) is 0 Å². The maximum Gasteiger partial charge on any atom is 0.416 e. The van der Waals surface area contributed by atoms with Crippen LogP contribution in [0.15, 0.2) is 30.3 Å². The van der Waals surface area contributed by atoms with E-state index in [1.54, 1.807) is 37.3 Å². The van der Waals surface area contributed by atoms with Gasteiger partial charge in [-0.25, -0.2) is 0 Å². The molecule has 9 N–H and O–H groups in total. The summed E-state index contributed by atoms with van der Waals surface area (Å²) in [5.74, 6) is -3.97. The summed E-state index contributed by atoms with van der Waals surface area (Å²) >= 11 is 0. The molecule has 0 aliphatic carbocycles. The summed E-state index contributed by atoms with van der Waals surface area (Å²) in [5, 5.41) is 18.8. The van der Waals surface area contributed by atoms with Crippen molar-refractivity contribution >= 4 is 35.4 Å². The first kappa shape index (κ1) is 48.9. The summed E-state index contributed by atoms with van der Waals surface area (Å²) in [6.07, 6.45) is 0.151.